The number of nitrogens with one attached hydrogen (secondary N) is 2. The summed E-state index contributed by atoms with van der Waals surface area (Å²) in [7, 11) is 0. The highest BCUT2D eigenvalue weighted by Crippen LogP contribution is 2.33. The maximum atomic E-state index is 13.6. The minimum Gasteiger partial charge on any atom is -0.330 e. The molecule has 6 nitrogen and oxygen atoms in total. The van der Waals surface area contributed by atoms with E-state index in [0.29, 0.717) is 23.9 Å². The number of carbonyl (C=O) groups excluding carboxylic acids is 1. The second kappa shape index (κ2) is 11.9. The summed E-state index contributed by atoms with van der Waals surface area (Å²) in [5.41, 5.74) is 3.70. The Kier molecular flexibility index (Phi) is 8.19. The molecule has 0 aliphatic heterocycles. The number of amides is 2. The fourth-order valence-corrected chi connectivity index (χ4v) is 5.33. The standard InChI is InChI=1S/C28H27F2N5OS2/c1-37-33-23-12-6-20(7-13-23)26-31-27(38-34-26)32-28(36)35(24-14-15-24)17-16-25(18-2-8-21(29)9-3-18)19-4-10-22(30)11-5-19/h2-13,24-25,33H,14-17H2,1H3,(H,31,32,34,36). The van der Waals surface area contributed by atoms with E-state index in [1.54, 1.807) is 24.3 Å². The van der Waals surface area contributed by atoms with E-state index in [4.69, 9.17) is 0 Å². The van der Waals surface area contributed by atoms with Crippen LogP contribution >= 0.6 is 23.5 Å². The van der Waals surface area contributed by atoms with Gasteiger partial charge in [-0.3, -0.25) is 5.32 Å². The van der Waals surface area contributed by atoms with Gasteiger partial charge in [-0.2, -0.15) is 9.36 Å². The van der Waals surface area contributed by atoms with Crippen LogP contribution in [0.25, 0.3) is 11.4 Å². The van der Waals surface area contributed by atoms with Crippen LogP contribution in [0.3, 0.4) is 0 Å². The lowest BCUT2D eigenvalue weighted by atomic mass is 9.88. The van der Waals surface area contributed by atoms with Crippen LogP contribution in [0.4, 0.5) is 24.4 Å². The van der Waals surface area contributed by atoms with E-state index in [2.05, 4.69) is 19.4 Å². The molecule has 38 heavy (non-hydrogen) atoms. The van der Waals surface area contributed by atoms with Gasteiger partial charge in [0.25, 0.3) is 0 Å². The number of benzene rings is 3. The van der Waals surface area contributed by atoms with Crippen molar-refractivity contribution >= 4 is 40.3 Å². The largest absolute Gasteiger partial charge is 0.330 e. The van der Waals surface area contributed by atoms with Crippen LogP contribution in [0.15, 0.2) is 72.8 Å². The molecular formula is C28H27F2N5OS2. The van der Waals surface area contributed by atoms with Crippen molar-refractivity contribution in [1.82, 2.24) is 14.3 Å². The van der Waals surface area contributed by atoms with Crippen molar-refractivity contribution in [2.75, 3.05) is 22.8 Å². The SMILES string of the molecule is CSNc1ccc(-c2nsc(NC(=O)N(CCC(c3ccc(F)cc3)c3ccc(F)cc3)C3CC3)n2)cc1. The lowest BCUT2D eigenvalue weighted by molar-refractivity contribution is 0.207. The molecule has 0 radical (unpaired) electrons. The molecule has 0 bridgehead atoms. The van der Waals surface area contributed by atoms with Gasteiger partial charge in [0.05, 0.1) is 0 Å². The molecule has 2 amide bonds. The van der Waals surface area contributed by atoms with Crippen molar-refractivity contribution in [3.63, 3.8) is 0 Å². The Morgan fingerprint density at radius 2 is 1.61 bits per heavy atom. The molecule has 4 aromatic rings. The molecule has 2 N–H and O–H groups in total. The number of halogens is 2. The smallest absolute Gasteiger partial charge is 0.323 e. The topological polar surface area (TPSA) is 70.2 Å². The van der Waals surface area contributed by atoms with Crippen LogP contribution in [0, 0.1) is 11.6 Å². The van der Waals surface area contributed by atoms with Gasteiger partial charge in [-0.05, 0) is 78.9 Å². The maximum absolute atomic E-state index is 13.6. The summed E-state index contributed by atoms with van der Waals surface area (Å²) >= 11 is 2.67. The highest BCUT2D eigenvalue weighted by molar-refractivity contribution is 7.99. The summed E-state index contributed by atoms with van der Waals surface area (Å²) in [5, 5.41) is 3.36. The average molecular weight is 552 g/mol. The minimum absolute atomic E-state index is 0.109. The fraction of sp³-hybridized carbons (Fsp3) is 0.250. The van der Waals surface area contributed by atoms with Crippen molar-refractivity contribution in [3.05, 3.63) is 95.6 Å². The zero-order valence-electron chi connectivity index (χ0n) is 20.7. The molecular weight excluding hydrogens is 524 g/mol. The van der Waals surface area contributed by atoms with Gasteiger partial charge in [-0.25, -0.2) is 13.6 Å². The normalized spacial score (nSPS) is 12.9. The van der Waals surface area contributed by atoms with Crippen molar-refractivity contribution in [2.45, 2.75) is 31.2 Å². The summed E-state index contributed by atoms with van der Waals surface area (Å²) in [5.74, 6) is -0.169. The van der Waals surface area contributed by atoms with E-state index in [0.717, 1.165) is 46.8 Å². The van der Waals surface area contributed by atoms with Gasteiger partial charge in [0.2, 0.25) is 5.13 Å². The molecule has 3 aromatic carbocycles. The molecule has 0 saturated heterocycles. The van der Waals surface area contributed by atoms with Gasteiger partial charge < -0.3 is 9.62 Å². The second-order valence-electron chi connectivity index (χ2n) is 9.11. The van der Waals surface area contributed by atoms with E-state index >= 15 is 0 Å². The third-order valence-electron chi connectivity index (χ3n) is 6.45. The van der Waals surface area contributed by atoms with E-state index in [9.17, 15) is 13.6 Å². The molecule has 196 valence electrons. The van der Waals surface area contributed by atoms with Crippen LogP contribution in [0.1, 0.15) is 36.3 Å². The lowest BCUT2D eigenvalue weighted by Gasteiger charge is -2.26. The Labute approximate surface area is 228 Å². The number of hydrogen-bond acceptors (Lipinski definition) is 6. The van der Waals surface area contributed by atoms with Gasteiger partial charge in [0, 0.05) is 47.5 Å². The summed E-state index contributed by atoms with van der Waals surface area (Å²) in [6.07, 6.45) is 4.46. The number of urea groups is 1. The van der Waals surface area contributed by atoms with Crippen molar-refractivity contribution in [3.8, 4) is 11.4 Å². The first-order valence-electron chi connectivity index (χ1n) is 12.3. The zero-order chi connectivity index (χ0) is 26.5. The summed E-state index contributed by atoms with van der Waals surface area (Å²) < 4.78 is 34.7. The van der Waals surface area contributed by atoms with Crippen LogP contribution in [-0.4, -0.2) is 39.1 Å². The fourth-order valence-electron chi connectivity index (χ4n) is 4.38. The number of anilines is 2. The highest BCUT2D eigenvalue weighted by atomic mass is 32.2. The van der Waals surface area contributed by atoms with Gasteiger partial charge in [-0.15, -0.1) is 0 Å². The zero-order valence-corrected chi connectivity index (χ0v) is 22.4. The third kappa shape index (κ3) is 6.49. The number of rotatable bonds is 10. The first-order valence-corrected chi connectivity index (χ1v) is 14.3. The van der Waals surface area contributed by atoms with Gasteiger partial charge in [-0.1, -0.05) is 36.2 Å². The first kappa shape index (κ1) is 26.1. The van der Waals surface area contributed by atoms with Gasteiger partial charge in [0.1, 0.15) is 11.6 Å². The Balaban J connectivity index is 1.27. The molecule has 1 aromatic heterocycles. The monoisotopic (exact) mass is 551 g/mol. The lowest BCUT2D eigenvalue weighted by Crippen LogP contribution is -2.38. The molecule has 10 heteroatoms. The second-order valence-corrected chi connectivity index (χ2v) is 10.5. The quantitative estimate of drug-likeness (QED) is 0.201. The Morgan fingerprint density at radius 1 is 1.00 bits per heavy atom. The number of carbonyl (C=O) groups is 1. The molecule has 1 aliphatic carbocycles. The predicted octanol–water partition coefficient (Wildman–Crippen LogP) is 7.39. The molecule has 1 heterocycles. The van der Waals surface area contributed by atoms with Gasteiger partial charge >= 0.3 is 6.03 Å². The summed E-state index contributed by atoms with van der Waals surface area (Å²) in [6.45, 7) is 0.492. The van der Waals surface area contributed by atoms with Crippen LogP contribution < -0.4 is 10.0 Å². The number of aromatic nitrogens is 2. The highest BCUT2D eigenvalue weighted by Gasteiger charge is 2.33. The molecule has 1 aliphatic rings. The van der Waals surface area contributed by atoms with Gasteiger partial charge in [0.15, 0.2) is 5.82 Å². The summed E-state index contributed by atoms with van der Waals surface area (Å²) in [4.78, 5) is 19.6. The molecule has 0 atom stereocenters. The Morgan fingerprint density at radius 3 is 2.16 bits per heavy atom. The van der Waals surface area contributed by atoms with Crippen molar-refractivity contribution in [1.29, 1.82) is 0 Å². The van der Waals surface area contributed by atoms with Crippen molar-refractivity contribution < 1.29 is 13.6 Å². The summed E-state index contributed by atoms with van der Waals surface area (Å²) in [6, 6.07) is 20.4. The average Bonchev–Trinajstić information content (AvgIpc) is 3.66. The predicted molar refractivity (Wildman–Crippen MR) is 150 cm³/mol. The minimum atomic E-state index is -0.311. The number of nitrogens with zero attached hydrogens (tertiary/aromatic N) is 3. The van der Waals surface area contributed by atoms with Crippen LogP contribution in [-0.2, 0) is 0 Å². The number of hydrogen-bond donors (Lipinski definition) is 2. The van der Waals surface area contributed by atoms with E-state index in [1.165, 1.54) is 36.2 Å². The van der Waals surface area contributed by atoms with Crippen molar-refractivity contribution in [2.24, 2.45) is 0 Å². The van der Waals surface area contributed by atoms with E-state index in [1.807, 2.05) is 35.4 Å². The maximum Gasteiger partial charge on any atom is 0.323 e. The molecule has 5 rings (SSSR count). The Hall–Kier alpha value is -3.50. The molecule has 0 unspecified atom stereocenters. The van der Waals surface area contributed by atoms with Crippen LogP contribution in [0.2, 0.25) is 0 Å². The molecule has 1 fully saturated rings. The van der Waals surface area contributed by atoms with E-state index in [-0.39, 0.29) is 29.6 Å². The van der Waals surface area contributed by atoms with Crippen LogP contribution in [0.5, 0.6) is 0 Å². The Bertz CT molecular complexity index is 1310. The molecule has 0 spiro atoms. The van der Waals surface area contributed by atoms with E-state index < -0.39 is 0 Å². The first-order chi connectivity index (χ1) is 18.5. The molecule has 1 saturated carbocycles. The third-order valence-corrected chi connectivity index (χ3v) is 7.53.